The van der Waals surface area contributed by atoms with E-state index in [1.54, 1.807) is 6.92 Å². The van der Waals surface area contributed by atoms with Crippen LogP contribution in [0.1, 0.15) is 6.92 Å². The molecule has 0 saturated carbocycles. The minimum Gasteiger partial charge on any atom is -0.512 e. The largest absolute Gasteiger partial charge is 0.512 e. The van der Waals surface area contributed by atoms with Crippen molar-refractivity contribution in [2.45, 2.75) is 13.0 Å². The molecular formula is C8H15NO4. The Labute approximate surface area is 76.9 Å². The van der Waals surface area contributed by atoms with E-state index in [1.807, 2.05) is 0 Å². The number of carboxylic acid groups (broad SMARTS) is 1. The van der Waals surface area contributed by atoms with Gasteiger partial charge in [-0.1, -0.05) is 6.58 Å². The zero-order valence-electron chi connectivity index (χ0n) is 7.60. The van der Waals surface area contributed by atoms with E-state index in [0.717, 1.165) is 0 Å². The molecule has 76 valence electrons. The number of aliphatic carboxylic acids is 1. The number of rotatable bonds is 6. The molecule has 0 saturated heterocycles. The maximum Gasteiger partial charge on any atom is 0.317 e. The summed E-state index contributed by atoms with van der Waals surface area (Å²) in [7, 11) is 0. The summed E-state index contributed by atoms with van der Waals surface area (Å²) >= 11 is 0. The highest BCUT2D eigenvalue weighted by molar-refractivity contribution is 5.69. The molecular weight excluding hydrogens is 174 g/mol. The quantitative estimate of drug-likeness (QED) is 0.505. The number of aliphatic hydroxyl groups is 2. The SMILES string of the molecule is C=C(O)CN(CC(=O)O)CC(C)O. The number of carbonyl (C=O) groups is 1. The van der Waals surface area contributed by atoms with Crippen LogP contribution in [-0.4, -0.2) is 51.9 Å². The number of carboxylic acids is 1. The molecule has 0 aliphatic rings. The average Bonchev–Trinajstić information content (AvgIpc) is 1.80. The maximum atomic E-state index is 10.3. The first-order valence-corrected chi connectivity index (χ1v) is 3.90. The van der Waals surface area contributed by atoms with Gasteiger partial charge in [0.1, 0.15) is 0 Å². The first-order valence-electron chi connectivity index (χ1n) is 3.90. The molecule has 1 atom stereocenters. The lowest BCUT2D eigenvalue weighted by atomic mass is 10.3. The van der Waals surface area contributed by atoms with Crippen LogP contribution in [0.25, 0.3) is 0 Å². The third-order valence-electron chi connectivity index (χ3n) is 1.29. The van der Waals surface area contributed by atoms with Crippen LogP contribution in [0.4, 0.5) is 0 Å². The topological polar surface area (TPSA) is 81.0 Å². The second-order valence-corrected chi connectivity index (χ2v) is 2.98. The second kappa shape index (κ2) is 5.55. The molecule has 3 N–H and O–H groups in total. The van der Waals surface area contributed by atoms with Gasteiger partial charge in [-0.2, -0.15) is 0 Å². The number of aliphatic hydroxyl groups excluding tert-OH is 2. The van der Waals surface area contributed by atoms with Crippen molar-refractivity contribution in [1.29, 1.82) is 0 Å². The van der Waals surface area contributed by atoms with Gasteiger partial charge in [-0.05, 0) is 6.92 Å². The van der Waals surface area contributed by atoms with Crippen LogP contribution in [0.15, 0.2) is 12.3 Å². The molecule has 0 aromatic carbocycles. The molecule has 0 amide bonds. The number of nitrogens with zero attached hydrogens (tertiary/aromatic N) is 1. The van der Waals surface area contributed by atoms with Gasteiger partial charge < -0.3 is 15.3 Å². The summed E-state index contributed by atoms with van der Waals surface area (Å²) < 4.78 is 0. The molecule has 0 aromatic heterocycles. The fourth-order valence-corrected chi connectivity index (χ4v) is 1.01. The van der Waals surface area contributed by atoms with E-state index in [2.05, 4.69) is 6.58 Å². The smallest absolute Gasteiger partial charge is 0.317 e. The zero-order chi connectivity index (χ0) is 10.4. The second-order valence-electron chi connectivity index (χ2n) is 2.98. The van der Waals surface area contributed by atoms with Crippen molar-refractivity contribution in [2.75, 3.05) is 19.6 Å². The molecule has 13 heavy (non-hydrogen) atoms. The Morgan fingerprint density at radius 2 is 2.00 bits per heavy atom. The van der Waals surface area contributed by atoms with Crippen molar-refractivity contribution in [1.82, 2.24) is 4.90 Å². The van der Waals surface area contributed by atoms with E-state index < -0.39 is 12.1 Å². The van der Waals surface area contributed by atoms with Crippen molar-refractivity contribution < 1.29 is 20.1 Å². The minimum atomic E-state index is -0.998. The van der Waals surface area contributed by atoms with Gasteiger partial charge in [0.15, 0.2) is 0 Å². The summed E-state index contributed by atoms with van der Waals surface area (Å²) in [6.07, 6.45) is -0.626. The van der Waals surface area contributed by atoms with Gasteiger partial charge >= 0.3 is 5.97 Å². The van der Waals surface area contributed by atoms with Crippen LogP contribution in [-0.2, 0) is 4.79 Å². The van der Waals surface area contributed by atoms with Crippen LogP contribution >= 0.6 is 0 Å². The zero-order valence-corrected chi connectivity index (χ0v) is 7.60. The number of hydrogen-bond donors (Lipinski definition) is 3. The van der Waals surface area contributed by atoms with Crippen LogP contribution in [0.2, 0.25) is 0 Å². The Morgan fingerprint density at radius 3 is 2.31 bits per heavy atom. The highest BCUT2D eigenvalue weighted by atomic mass is 16.4. The van der Waals surface area contributed by atoms with Crippen molar-refractivity contribution >= 4 is 5.97 Å². The molecule has 0 radical (unpaired) electrons. The highest BCUT2D eigenvalue weighted by Gasteiger charge is 2.12. The third kappa shape index (κ3) is 7.30. The molecule has 1 unspecified atom stereocenters. The molecule has 0 heterocycles. The van der Waals surface area contributed by atoms with Crippen LogP contribution in [0, 0.1) is 0 Å². The predicted molar refractivity (Wildman–Crippen MR) is 47.5 cm³/mol. The summed E-state index contributed by atoms with van der Waals surface area (Å²) in [6, 6.07) is 0. The minimum absolute atomic E-state index is 0.0667. The molecule has 5 nitrogen and oxygen atoms in total. The molecule has 0 rings (SSSR count). The Hall–Kier alpha value is -1.07. The Balaban J connectivity index is 4.02. The van der Waals surface area contributed by atoms with Gasteiger partial charge in [-0.3, -0.25) is 9.69 Å². The van der Waals surface area contributed by atoms with Crippen molar-refractivity contribution in [3.63, 3.8) is 0 Å². The van der Waals surface area contributed by atoms with E-state index in [0.29, 0.717) is 0 Å². The summed E-state index contributed by atoms with van der Waals surface area (Å²) in [4.78, 5) is 11.7. The van der Waals surface area contributed by atoms with Gasteiger partial charge in [0.05, 0.1) is 25.0 Å². The molecule has 0 aliphatic carbocycles. The Morgan fingerprint density at radius 1 is 1.46 bits per heavy atom. The molecule has 0 aromatic rings. The summed E-state index contributed by atoms with van der Waals surface area (Å²) in [5.74, 6) is -1.11. The van der Waals surface area contributed by atoms with E-state index in [4.69, 9.17) is 15.3 Å². The lowest BCUT2D eigenvalue weighted by molar-refractivity contribution is -0.138. The predicted octanol–water partition coefficient (Wildman–Crippen LogP) is -0.174. The molecule has 0 aliphatic heterocycles. The van der Waals surface area contributed by atoms with Crippen LogP contribution in [0.5, 0.6) is 0 Å². The fraction of sp³-hybridized carbons (Fsp3) is 0.625. The van der Waals surface area contributed by atoms with Crippen molar-refractivity contribution in [3.8, 4) is 0 Å². The van der Waals surface area contributed by atoms with E-state index >= 15 is 0 Å². The van der Waals surface area contributed by atoms with Crippen LogP contribution < -0.4 is 0 Å². The average molecular weight is 189 g/mol. The van der Waals surface area contributed by atoms with Crippen LogP contribution in [0.3, 0.4) is 0 Å². The van der Waals surface area contributed by atoms with Gasteiger partial charge in [0.25, 0.3) is 0 Å². The van der Waals surface area contributed by atoms with Gasteiger partial charge in [0.2, 0.25) is 0 Å². The standard InChI is InChI=1S/C8H15NO4/c1-6(10)3-9(4-7(2)11)5-8(12)13/h7,10-11H,1,3-5H2,2H3,(H,12,13). The fourth-order valence-electron chi connectivity index (χ4n) is 1.01. The summed E-state index contributed by atoms with van der Waals surface area (Å²) in [5.41, 5.74) is 0. The Kier molecular flexibility index (Phi) is 5.10. The summed E-state index contributed by atoms with van der Waals surface area (Å²) in [6.45, 7) is 4.85. The first-order chi connectivity index (χ1) is 5.91. The normalized spacial score (nSPS) is 12.8. The van der Waals surface area contributed by atoms with Crippen molar-refractivity contribution in [3.05, 3.63) is 12.3 Å². The van der Waals surface area contributed by atoms with Gasteiger partial charge in [0, 0.05) is 6.54 Å². The van der Waals surface area contributed by atoms with Crippen molar-refractivity contribution in [2.24, 2.45) is 0 Å². The molecule has 0 spiro atoms. The molecule has 0 bridgehead atoms. The Bertz CT molecular complexity index is 175. The van der Waals surface area contributed by atoms with E-state index in [9.17, 15) is 4.79 Å². The lowest BCUT2D eigenvalue weighted by Crippen LogP contribution is -2.36. The molecule has 5 heteroatoms. The molecule has 0 fully saturated rings. The van der Waals surface area contributed by atoms with E-state index in [-0.39, 0.29) is 25.4 Å². The highest BCUT2D eigenvalue weighted by Crippen LogP contribution is 1.96. The summed E-state index contributed by atoms with van der Waals surface area (Å²) in [5, 5.41) is 26.3. The third-order valence-corrected chi connectivity index (χ3v) is 1.29. The maximum absolute atomic E-state index is 10.3. The monoisotopic (exact) mass is 189 g/mol. The number of hydrogen-bond acceptors (Lipinski definition) is 4. The van der Waals surface area contributed by atoms with Gasteiger partial charge in [-0.25, -0.2) is 0 Å². The first kappa shape index (κ1) is 11.9. The van der Waals surface area contributed by atoms with E-state index in [1.165, 1.54) is 4.90 Å². The lowest BCUT2D eigenvalue weighted by Gasteiger charge is -2.20. The van der Waals surface area contributed by atoms with Gasteiger partial charge in [-0.15, -0.1) is 0 Å².